The molecule has 0 N–H and O–H groups in total. The Morgan fingerprint density at radius 1 is 1.44 bits per heavy atom. The second kappa shape index (κ2) is 3.92. The molecule has 2 heterocycles. The molecule has 2 aromatic heterocycles. The van der Waals surface area contributed by atoms with Gasteiger partial charge in [-0.2, -0.15) is 0 Å². The summed E-state index contributed by atoms with van der Waals surface area (Å²) >= 11 is 1.64. The van der Waals surface area contributed by atoms with Gasteiger partial charge in [0.2, 0.25) is 0 Å². The van der Waals surface area contributed by atoms with Crippen molar-refractivity contribution in [2.75, 3.05) is 0 Å². The van der Waals surface area contributed by atoms with E-state index in [1.165, 1.54) is 25.0 Å². The highest BCUT2D eigenvalue weighted by atomic mass is 32.1. The van der Waals surface area contributed by atoms with E-state index in [-0.39, 0.29) is 5.41 Å². The summed E-state index contributed by atoms with van der Waals surface area (Å²) in [4.78, 5) is 17.1. The van der Waals surface area contributed by atoms with Crippen LogP contribution in [0.15, 0.2) is 5.38 Å². The largest absolute Gasteiger partial charge is 0.296 e. The molecule has 3 nitrogen and oxygen atoms in total. The number of rotatable bonds is 2. The van der Waals surface area contributed by atoms with Gasteiger partial charge in [0.05, 0.1) is 5.69 Å². The number of carbonyl (C=O) groups is 1. The molecule has 0 spiro atoms. The van der Waals surface area contributed by atoms with E-state index in [1.807, 2.05) is 0 Å². The molecule has 96 valence electrons. The number of aromatic nitrogens is 2. The zero-order valence-corrected chi connectivity index (χ0v) is 11.9. The fourth-order valence-corrected chi connectivity index (χ4v) is 3.64. The summed E-state index contributed by atoms with van der Waals surface area (Å²) in [6, 6.07) is 0. The van der Waals surface area contributed by atoms with Gasteiger partial charge in [-0.1, -0.05) is 27.2 Å². The first kappa shape index (κ1) is 11.9. The Hall–Kier alpha value is -1.16. The molecule has 0 atom stereocenters. The summed E-state index contributed by atoms with van der Waals surface area (Å²) < 4.78 is 2.06. The van der Waals surface area contributed by atoms with Gasteiger partial charge in [0.25, 0.3) is 0 Å². The van der Waals surface area contributed by atoms with Gasteiger partial charge in [-0.15, -0.1) is 11.3 Å². The molecule has 1 aliphatic rings. The molecule has 4 heteroatoms. The standard InChI is InChI=1S/C14H18N2OS/c1-14(2,3)11-8-18-13-15-12(9-5-4-6-9)10(7-17)16(11)13/h7-9H,4-6H2,1-3H3. The van der Waals surface area contributed by atoms with Gasteiger partial charge in [-0.05, 0) is 12.8 Å². The summed E-state index contributed by atoms with van der Waals surface area (Å²) in [5.74, 6) is 0.505. The third-order valence-corrected chi connectivity index (χ3v) is 4.63. The second-order valence-electron chi connectivity index (χ2n) is 6.12. The molecule has 18 heavy (non-hydrogen) atoms. The second-order valence-corrected chi connectivity index (χ2v) is 6.95. The quantitative estimate of drug-likeness (QED) is 0.772. The zero-order chi connectivity index (χ0) is 12.9. The molecule has 0 aromatic carbocycles. The molecule has 0 amide bonds. The number of aldehydes is 1. The van der Waals surface area contributed by atoms with Crippen molar-refractivity contribution in [3.8, 4) is 0 Å². The van der Waals surface area contributed by atoms with Gasteiger partial charge in [-0.25, -0.2) is 4.98 Å². The molecular formula is C14H18N2OS. The van der Waals surface area contributed by atoms with Gasteiger partial charge in [0.1, 0.15) is 5.69 Å². The zero-order valence-electron chi connectivity index (χ0n) is 11.1. The minimum absolute atomic E-state index is 0.0353. The van der Waals surface area contributed by atoms with E-state index >= 15 is 0 Å². The molecule has 0 unspecified atom stereocenters. The van der Waals surface area contributed by atoms with Crippen molar-refractivity contribution >= 4 is 22.6 Å². The SMILES string of the molecule is CC(C)(C)c1csc2nc(C3CCC3)c(C=O)n12. The van der Waals surface area contributed by atoms with Crippen LogP contribution in [0.4, 0.5) is 0 Å². The lowest BCUT2D eigenvalue weighted by Gasteiger charge is -2.24. The molecular weight excluding hydrogens is 244 g/mol. The van der Waals surface area contributed by atoms with Crippen molar-refractivity contribution < 1.29 is 4.79 Å². The van der Waals surface area contributed by atoms with Crippen molar-refractivity contribution in [1.29, 1.82) is 0 Å². The first-order valence-electron chi connectivity index (χ1n) is 6.48. The van der Waals surface area contributed by atoms with Crippen molar-refractivity contribution in [2.24, 2.45) is 0 Å². The number of carbonyl (C=O) groups excluding carboxylic acids is 1. The van der Waals surface area contributed by atoms with E-state index < -0.39 is 0 Å². The first-order valence-corrected chi connectivity index (χ1v) is 7.36. The molecule has 3 rings (SSSR count). The topological polar surface area (TPSA) is 34.4 Å². The maximum atomic E-state index is 11.5. The maximum Gasteiger partial charge on any atom is 0.194 e. The molecule has 1 fully saturated rings. The molecule has 1 aliphatic carbocycles. The fourth-order valence-electron chi connectivity index (χ4n) is 2.51. The fraction of sp³-hybridized carbons (Fsp3) is 0.571. The lowest BCUT2D eigenvalue weighted by Crippen LogP contribution is -2.16. The van der Waals surface area contributed by atoms with Crippen molar-refractivity contribution in [3.05, 3.63) is 22.5 Å². The van der Waals surface area contributed by atoms with Crippen LogP contribution in [-0.4, -0.2) is 15.7 Å². The summed E-state index contributed by atoms with van der Waals surface area (Å²) in [5.41, 5.74) is 3.02. The smallest absolute Gasteiger partial charge is 0.194 e. The van der Waals surface area contributed by atoms with Crippen LogP contribution in [0, 0.1) is 0 Å². The molecule has 0 radical (unpaired) electrons. The lowest BCUT2D eigenvalue weighted by molar-refractivity contribution is 0.111. The molecule has 2 aromatic rings. The van der Waals surface area contributed by atoms with Gasteiger partial charge >= 0.3 is 0 Å². The lowest BCUT2D eigenvalue weighted by atomic mass is 9.82. The third kappa shape index (κ3) is 1.62. The minimum atomic E-state index is 0.0353. The number of thiazole rings is 1. The average molecular weight is 262 g/mol. The van der Waals surface area contributed by atoms with Crippen molar-refractivity contribution in [1.82, 2.24) is 9.38 Å². The van der Waals surface area contributed by atoms with E-state index in [0.717, 1.165) is 22.6 Å². The molecule has 1 saturated carbocycles. The molecule has 0 aliphatic heterocycles. The maximum absolute atomic E-state index is 11.5. The van der Waals surface area contributed by atoms with Gasteiger partial charge in [-0.3, -0.25) is 9.20 Å². The van der Waals surface area contributed by atoms with E-state index in [0.29, 0.717) is 5.92 Å². The Morgan fingerprint density at radius 2 is 2.17 bits per heavy atom. The number of hydrogen-bond acceptors (Lipinski definition) is 3. The average Bonchev–Trinajstić information content (AvgIpc) is 2.71. The van der Waals surface area contributed by atoms with Gasteiger partial charge in [0, 0.05) is 22.4 Å². The van der Waals surface area contributed by atoms with Crippen LogP contribution in [0.1, 0.15) is 67.8 Å². The Morgan fingerprint density at radius 3 is 2.67 bits per heavy atom. The van der Waals surface area contributed by atoms with Gasteiger partial charge in [0.15, 0.2) is 11.2 Å². The van der Waals surface area contributed by atoms with Crippen LogP contribution in [-0.2, 0) is 5.41 Å². The van der Waals surface area contributed by atoms with Gasteiger partial charge < -0.3 is 0 Å². The van der Waals surface area contributed by atoms with Crippen molar-refractivity contribution in [2.45, 2.75) is 51.4 Å². The van der Waals surface area contributed by atoms with Crippen LogP contribution >= 0.6 is 11.3 Å². The van der Waals surface area contributed by atoms with Crippen LogP contribution < -0.4 is 0 Å². The normalized spacial score (nSPS) is 17.1. The highest BCUT2D eigenvalue weighted by Crippen LogP contribution is 2.39. The first-order chi connectivity index (χ1) is 8.52. The summed E-state index contributed by atoms with van der Waals surface area (Å²) in [6.45, 7) is 6.52. The summed E-state index contributed by atoms with van der Waals surface area (Å²) in [6.07, 6.45) is 4.60. The summed E-state index contributed by atoms with van der Waals surface area (Å²) in [5, 5.41) is 2.12. The Kier molecular flexibility index (Phi) is 2.59. The van der Waals surface area contributed by atoms with E-state index in [2.05, 4.69) is 35.5 Å². The third-order valence-electron chi connectivity index (χ3n) is 3.80. The predicted octanol–water partition coefficient (Wildman–Crippen LogP) is 3.77. The Balaban J connectivity index is 2.23. The minimum Gasteiger partial charge on any atom is -0.296 e. The Bertz CT molecular complexity index is 599. The van der Waals surface area contributed by atoms with Crippen LogP contribution in [0.5, 0.6) is 0 Å². The van der Waals surface area contributed by atoms with Crippen LogP contribution in [0.3, 0.4) is 0 Å². The van der Waals surface area contributed by atoms with E-state index in [9.17, 15) is 4.79 Å². The number of fused-ring (bicyclic) bond motifs is 1. The number of hydrogen-bond donors (Lipinski definition) is 0. The molecule has 0 saturated heterocycles. The Labute approximate surface area is 111 Å². The highest BCUT2D eigenvalue weighted by Gasteiger charge is 2.29. The van der Waals surface area contributed by atoms with Crippen LogP contribution in [0.25, 0.3) is 4.96 Å². The molecule has 0 bridgehead atoms. The van der Waals surface area contributed by atoms with E-state index in [4.69, 9.17) is 0 Å². The van der Waals surface area contributed by atoms with Crippen molar-refractivity contribution in [3.63, 3.8) is 0 Å². The number of nitrogens with zero attached hydrogens (tertiary/aromatic N) is 2. The summed E-state index contributed by atoms with van der Waals surface area (Å²) in [7, 11) is 0. The monoisotopic (exact) mass is 262 g/mol. The predicted molar refractivity (Wildman–Crippen MR) is 73.7 cm³/mol. The van der Waals surface area contributed by atoms with E-state index in [1.54, 1.807) is 11.3 Å². The van der Waals surface area contributed by atoms with Crippen LogP contribution in [0.2, 0.25) is 0 Å². The highest BCUT2D eigenvalue weighted by molar-refractivity contribution is 7.15. The number of imidazole rings is 1.